The number of aliphatic imine (C=N–C) groups is 1. The summed E-state index contributed by atoms with van der Waals surface area (Å²) in [4.78, 5) is 4.36. The molecule has 0 amide bonds. The molecule has 0 spiro atoms. The van der Waals surface area contributed by atoms with Crippen molar-refractivity contribution in [2.24, 2.45) is 4.99 Å². The molecule has 0 aliphatic rings. The summed E-state index contributed by atoms with van der Waals surface area (Å²) in [7, 11) is 1.60. The van der Waals surface area contributed by atoms with E-state index in [1.54, 1.807) is 7.11 Å². The first-order valence-corrected chi connectivity index (χ1v) is 5.86. The third-order valence-corrected chi connectivity index (χ3v) is 2.57. The number of nitrogens with zero attached hydrogens (tertiary/aromatic N) is 2. The average Bonchev–Trinajstić information content (AvgIpc) is 2.30. The third kappa shape index (κ3) is 2.91. The van der Waals surface area contributed by atoms with E-state index in [4.69, 9.17) is 10.00 Å². The second-order valence-electron chi connectivity index (χ2n) is 2.98. The molecule has 4 nitrogen and oxygen atoms in total. The molecule has 0 fully saturated rings. The van der Waals surface area contributed by atoms with Crippen LogP contribution in [-0.4, -0.2) is 18.5 Å². The Morgan fingerprint density at radius 1 is 1.56 bits per heavy atom. The van der Waals surface area contributed by atoms with Gasteiger partial charge in [0.05, 0.1) is 7.11 Å². The van der Waals surface area contributed by atoms with Gasteiger partial charge in [-0.1, -0.05) is 23.9 Å². The van der Waals surface area contributed by atoms with Gasteiger partial charge in [0.1, 0.15) is 11.4 Å². The highest BCUT2D eigenvalue weighted by atomic mass is 32.2. The first kappa shape index (κ1) is 12.4. The lowest BCUT2D eigenvalue weighted by molar-refractivity contribution is 0.416. The molecule has 0 unspecified atom stereocenters. The molecule has 16 heavy (non-hydrogen) atoms. The Bertz CT molecular complexity index is 437. The highest BCUT2D eigenvalue weighted by Crippen LogP contribution is 2.31. The van der Waals surface area contributed by atoms with E-state index in [0.29, 0.717) is 10.9 Å². The zero-order valence-electron chi connectivity index (χ0n) is 9.44. The minimum atomic E-state index is 0.551. The van der Waals surface area contributed by atoms with E-state index in [9.17, 15) is 0 Å². The molecule has 1 N–H and O–H groups in total. The molecule has 0 atom stereocenters. The number of para-hydroxylation sites is 1. The number of thioether (sulfide) groups is 1. The summed E-state index contributed by atoms with van der Waals surface area (Å²) < 4.78 is 5.22. The Morgan fingerprint density at radius 2 is 2.31 bits per heavy atom. The predicted octanol–water partition coefficient (Wildman–Crippen LogP) is 2.42. The predicted molar refractivity (Wildman–Crippen MR) is 67.1 cm³/mol. The number of nitrogens with one attached hydrogen (secondary N) is 1. The van der Waals surface area contributed by atoms with Gasteiger partial charge in [0.2, 0.25) is 0 Å². The molecule has 0 saturated heterocycles. The molecule has 1 rings (SSSR count). The minimum absolute atomic E-state index is 0.551. The van der Waals surface area contributed by atoms with E-state index in [1.807, 2.05) is 37.6 Å². The highest BCUT2D eigenvalue weighted by molar-refractivity contribution is 8.13. The Balaban J connectivity index is 3.17. The number of hydrogen-bond donors (Lipinski definition) is 1. The van der Waals surface area contributed by atoms with Crippen LogP contribution in [-0.2, 0) is 0 Å². The van der Waals surface area contributed by atoms with Gasteiger partial charge in [-0.25, -0.2) is 4.99 Å². The fourth-order valence-electron chi connectivity index (χ4n) is 1.21. The van der Waals surface area contributed by atoms with Crippen LogP contribution in [0.1, 0.15) is 5.56 Å². The molecular weight excluding hydrogens is 222 g/mol. The topological polar surface area (TPSA) is 57.4 Å². The van der Waals surface area contributed by atoms with E-state index < -0.39 is 0 Å². The maximum Gasteiger partial charge on any atom is 0.183 e. The van der Waals surface area contributed by atoms with Crippen molar-refractivity contribution in [2.45, 2.75) is 6.92 Å². The van der Waals surface area contributed by atoms with E-state index >= 15 is 0 Å². The van der Waals surface area contributed by atoms with Gasteiger partial charge in [-0.2, -0.15) is 5.26 Å². The quantitative estimate of drug-likeness (QED) is 0.370. The van der Waals surface area contributed by atoms with Crippen molar-refractivity contribution in [3.63, 3.8) is 0 Å². The Morgan fingerprint density at radius 3 is 2.88 bits per heavy atom. The van der Waals surface area contributed by atoms with E-state index in [-0.39, 0.29) is 0 Å². The summed E-state index contributed by atoms with van der Waals surface area (Å²) in [6.07, 6.45) is 3.71. The first-order chi connectivity index (χ1) is 7.72. The summed E-state index contributed by atoms with van der Waals surface area (Å²) in [5, 5.41) is 11.6. The largest absolute Gasteiger partial charge is 0.494 e. The van der Waals surface area contributed by atoms with Crippen molar-refractivity contribution in [3.05, 3.63) is 23.8 Å². The number of benzene rings is 1. The fourth-order valence-corrected chi connectivity index (χ4v) is 1.54. The van der Waals surface area contributed by atoms with Crippen LogP contribution < -0.4 is 10.1 Å². The van der Waals surface area contributed by atoms with Gasteiger partial charge in [-0.05, 0) is 24.8 Å². The van der Waals surface area contributed by atoms with Crippen LogP contribution >= 0.6 is 11.8 Å². The van der Waals surface area contributed by atoms with Gasteiger partial charge in [-0.3, -0.25) is 5.32 Å². The minimum Gasteiger partial charge on any atom is -0.494 e. The fraction of sp³-hybridized carbons (Fsp3) is 0.273. The van der Waals surface area contributed by atoms with Crippen molar-refractivity contribution < 1.29 is 4.74 Å². The van der Waals surface area contributed by atoms with Crippen LogP contribution in [0.25, 0.3) is 0 Å². The van der Waals surface area contributed by atoms with Crippen LogP contribution in [0.4, 0.5) is 5.69 Å². The van der Waals surface area contributed by atoms with Crippen LogP contribution in [0.5, 0.6) is 5.75 Å². The number of aryl methyl sites for hydroxylation is 1. The number of nitriles is 1. The Labute approximate surface area is 99.3 Å². The van der Waals surface area contributed by atoms with Crippen LogP contribution in [0, 0.1) is 18.4 Å². The van der Waals surface area contributed by atoms with Crippen molar-refractivity contribution >= 4 is 22.6 Å². The molecule has 0 radical (unpaired) electrons. The lowest BCUT2D eigenvalue weighted by Gasteiger charge is -2.08. The molecule has 0 aliphatic carbocycles. The number of hydrogen-bond acceptors (Lipinski definition) is 4. The molecule has 0 heterocycles. The van der Waals surface area contributed by atoms with E-state index in [2.05, 4.69) is 10.3 Å². The third-order valence-electron chi connectivity index (χ3n) is 1.99. The van der Waals surface area contributed by atoms with Gasteiger partial charge in [-0.15, -0.1) is 0 Å². The molecule has 1 aromatic rings. The van der Waals surface area contributed by atoms with Crippen LogP contribution in [0.2, 0.25) is 0 Å². The zero-order chi connectivity index (χ0) is 12.0. The lowest BCUT2D eigenvalue weighted by Crippen LogP contribution is -2.12. The standard InChI is InChI=1S/C11H13N3OS/c1-8-5-4-6-9(15-2)10(8)14-11(16-3)13-7-12/h4-6H,1-3H3,(H,13,14). The second kappa shape index (κ2) is 6.03. The summed E-state index contributed by atoms with van der Waals surface area (Å²) >= 11 is 1.38. The first-order valence-electron chi connectivity index (χ1n) is 4.64. The molecule has 0 bridgehead atoms. The SMILES string of the molecule is COc1cccc(C)c1N=C(NC#N)SC. The van der Waals surface area contributed by atoms with Crippen LogP contribution in [0.3, 0.4) is 0 Å². The number of rotatable bonds is 2. The average molecular weight is 235 g/mol. The summed E-state index contributed by atoms with van der Waals surface area (Å²) in [6, 6.07) is 5.70. The molecule has 0 saturated carbocycles. The monoisotopic (exact) mass is 235 g/mol. The Hall–Kier alpha value is -1.67. The number of methoxy groups -OCH3 is 1. The van der Waals surface area contributed by atoms with Gasteiger partial charge >= 0.3 is 0 Å². The van der Waals surface area contributed by atoms with E-state index in [0.717, 1.165) is 11.3 Å². The molecule has 0 aliphatic heterocycles. The van der Waals surface area contributed by atoms with E-state index in [1.165, 1.54) is 11.8 Å². The normalized spacial score (nSPS) is 10.8. The van der Waals surface area contributed by atoms with Gasteiger partial charge in [0.25, 0.3) is 0 Å². The molecular formula is C11H13N3OS. The summed E-state index contributed by atoms with van der Waals surface area (Å²) in [5.41, 5.74) is 1.75. The van der Waals surface area contributed by atoms with Crippen molar-refractivity contribution in [1.29, 1.82) is 5.26 Å². The van der Waals surface area contributed by atoms with Crippen molar-refractivity contribution in [1.82, 2.24) is 5.32 Å². The molecule has 1 aromatic carbocycles. The van der Waals surface area contributed by atoms with Crippen molar-refractivity contribution in [2.75, 3.05) is 13.4 Å². The highest BCUT2D eigenvalue weighted by Gasteiger charge is 2.06. The molecule has 84 valence electrons. The number of ether oxygens (including phenoxy) is 1. The Kier molecular flexibility index (Phi) is 4.67. The van der Waals surface area contributed by atoms with Gasteiger partial charge in [0, 0.05) is 0 Å². The summed E-state index contributed by atoms with van der Waals surface area (Å²) in [6.45, 7) is 1.95. The lowest BCUT2D eigenvalue weighted by atomic mass is 10.2. The van der Waals surface area contributed by atoms with Gasteiger partial charge < -0.3 is 4.74 Å². The van der Waals surface area contributed by atoms with Crippen LogP contribution in [0.15, 0.2) is 23.2 Å². The molecule has 5 heteroatoms. The van der Waals surface area contributed by atoms with Crippen molar-refractivity contribution in [3.8, 4) is 11.9 Å². The van der Waals surface area contributed by atoms with Gasteiger partial charge in [0.15, 0.2) is 11.4 Å². The zero-order valence-corrected chi connectivity index (χ0v) is 10.3. The number of amidine groups is 1. The molecule has 0 aromatic heterocycles. The second-order valence-corrected chi connectivity index (χ2v) is 3.78. The summed E-state index contributed by atoms with van der Waals surface area (Å²) in [5.74, 6) is 0.700. The maximum atomic E-state index is 8.56. The smallest absolute Gasteiger partial charge is 0.183 e. The maximum absolute atomic E-state index is 8.56.